The van der Waals surface area contributed by atoms with E-state index in [1.165, 1.54) is 31.2 Å². The summed E-state index contributed by atoms with van der Waals surface area (Å²) >= 11 is 0. The summed E-state index contributed by atoms with van der Waals surface area (Å²) in [6.45, 7) is 7.49. The molecule has 146 valence electrons. The summed E-state index contributed by atoms with van der Waals surface area (Å²) in [5.74, 6) is 1.34. The van der Waals surface area contributed by atoms with Crippen LogP contribution in [-0.2, 0) is 11.3 Å². The molecule has 28 heavy (non-hydrogen) atoms. The Bertz CT molecular complexity index is 862. The van der Waals surface area contributed by atoms with Gasteiger partial charge in [0.15, 0.2) is 0 Å². The number of nitrogens with zero attached hydrogens (tertiary/aromatic N) is 1. The Labute approximate surface area is 166 Å². The molecule has 0 bridgehead atoms. The summed E-state index contributed by atoms with van der Waals surface area (Å²) in [5, 5.41) is 2.93. The molecule has 0 atom stereocenters. The van der Waals surface area contributed by atoms with Gasteiger partial charge in [-0.25, -0.2) is 4.79 Å². The second kappa shape index (κ2) is 8.96. The van der Waals surface area contributed by atoms with Gasteiger partial charge >= 0.3 is 5.97 Å². The van der Waals surface area contributed by atoms with Crippen molar-refractivity contribution in [1.82, 2.24) is 0 Å². The third kappa shape index (κ3) is 4.75. The van der Waals surface area contributed by atoms with Gasteiger partial charge in [-0.1, -0.05) is 67.9 Å². The highest BCUT2D eigenvalue weighted by Crippen LogP contribution is 2.36. The lowest BCUT2D eigenvalue weighted by atomic mass is 9.79. The van der Waals surface area contributed by atoms with E-state index >= 15 is 0 Å². The van der Waals surface area contributed by atoms with Crippen LogP contribution in [0.2, 0.25) is 0 Å². The molecule has 4 heteroatoms. The maximum Gasteiger partial charge on any atom is 0.338 e. The number of esters is 1. The molecule has 0 spiro atoms. The molecule has 2 aromatic rings. The summed E-state index contributed by atoms with van der Waals surface area (Å²) in [5.41, 5.74) is 4.27. The van der Waals surface area contributed by atoms with Gasteiger partial charge in [-0.05, 0) is 54.4 Å². The fraction of sp³-hybridized carbons (Fsp3) is 0.375. The fourth-order valence-electron chi connectivity index (χ4n) is 3.76. The van der Waals surface area contributed by atoms with Crippen LogP contribution in [0.3, 0.4) is 0 Å². The first kappa shape index (κ1) is 20.0. The van der Waals surface area contributed by atoms with E-state index in [4.69, 9.17) is 4.74 Å². The normalized spacial score (nSPS) is 19.1. The van der Waals surface area contributed by atoms with Crippen molar-refractivity contribution >= 4 is 5.97 Å². The van der Waals surface area contributed by atoms with Gasteiger partial charge in [-0.3, -0.25) is 0 Å². The van der Waals surface area contributed by atoms with Crippen LogP contribution in [0.25, 0.3) is 11.1 Å². The van der Waals surface area contributed by atoms with Crippen molar-refractivity contribution in [3.8, 4) is 16.9 Å². The Kier molecular flexibility index (Phi) is 6.40. The molecule has 1 fully saturated rings. The first-order chi connectivity index (χ1) is 13.5. The summed E-state index contributed by atoms with van der Waals surface area (Å²) in [4.78, 5) is 22.6. The van der Waals surface area contributed by atoms with Crippen molar-refractivity contribution in [1.29, 1.82) is 0 Å². The largest absolute Gasteiger partial charge is 0.423 e. The second-order valence-electron chi connectivity index (χ2n) is 7.86. The van der Waals surface area contributed by atoms with Crippen LogP contribution in [0.15, 0.2) is 59.8 Å². The van der Waals surface area contributed by atoms with Gasteiger partial charge in [0.1, 0.15) is 12.3 Å². The van der Waals surface area contributed by atoms with E-state index in [2.05, 4.69) is 42.9 Å². The number of nitroso groups, excluding NO2 is 1. The lowest BCUT2D eigenvalue weighted by Crippen LogP contribution is -2.10. The molecule has 1 saturated carbocycles. The molecule has 0 amide bonds. The van der Waals surface area contributed by atoms with Gasteiger partial charge in [0.2, 0.25) is 0 Å². The second-order valence-corrected chi connectivity index (χ2v) is 7.86. The molecule has 0 aliphatic heterocycles. The molecule has 0 heterocycles. The molecule has 2 aromatic carbocycles. The van der Waals surface area contributed by atoms with Crippen LogP contribution in [0.1, 0.15) is 56.6 Å². The van der Waals surface area contributed by atoms with Crippen LogP contribution in [0, 0.1) is 10.8 Å². The van der Waals surface area contributed by atoms with E-state index in [0.717, 1.165) is 17.0 Å². The minimum atomic E-state index is -0.508. The van der Waals surface area contributed by atoms with E-state index in [9.17, 15) is 9.70 Å². The highest BCUT2D eigenvalue weighted by molar-refractivity contribution is 5.89. The van der Waals surface area contributed by atoms with Crippen LogP contribution in [0.5, 0.6) is 5.75 Å². The van der Waals surface area contributed by atoms with Gasteiger partial charge in [-0.2, -0.15) is 4.91 Å². The maximum absolute atomic E-state index is 11.9. The van der Waals surface area contributed by atoms with Crippen LogP contribution < -0.4 is 4.74 Å². The molecule has 0 aromatic heterocycles. The predicted octanol–water partition coefficient (Wildman–Crippen LogP) is 6.40. The van der Waals surface area contributed by atoms with E-state index in [1.807, 2.05) is 6.07 Å². The first-order valence-electron chi connectivity index (χ1n) is 9.88. The Hall–Kier alpha value is -2.75. The molecule has 1 aliphatic rings. The van der Waals surface area contributed by atoms with Crippen LogP contribution in [-0.4, -0.2) is 5.97 Å². The van der Waals surface area contributed by atoms with Crippen molar-refractivity contribution in [2.45, 2.75) is 52.0 Å². The molecule has 0 radical (unpaired) electrons. The summed E-state index contributed by atoms with van der Waals surface area (Å²) in [7, 11) is 0. The molecule has 1 aliphatic carbocycles. The Morgan fingerprint density at radius 1 is 1.07 bits per heavy atom. The van der Waals surface area contributed by atoms with E-state index in [1.54, 1.807) is 19.1 Å². The number of rotatable bonds is 6. The van der Waals surface area contributed by atoms with Crippen molar-refractivity contribution in [2.75, 3.05) is 0 Å². The zero-order valence-electron chi connectivity index (χ0n) is 16.6. The fourth-order valence-corrected chi connectivity index (χ4v) is 3.76. The zero-order chi connectivity index (χ0) is 20.1. The SMILES string of the molecule is C=C(C)C(=O)Oc1cc(-c2ccc(C3CCC(C)CC3)cc2)ccc1CN=O. The topological polar surface area (TPSA) is 55.7 Å². The van der Waals surface area contributed by atoms with E-state index in [0.29, 0.717) is 22.8 Å². The van der Waals surface area contributed by atoms with E-state index in [-0.39, 0.29) is 6.54 Å². The smallest absolute Gasteiger partial charge is 0.338 e. The van der Waals surface area contributed by atoms with E-state index < -0.39 is 5.97 Å². The highest BCUT2D eigenvalue weighted by Gasteiger charge is 2.19. The van der Waals surface area contributed by atoms with Crippen LogP contribution >= 0.6 is 0 Å². The molecular formula is C24H27NO3. The lowest BCUT2D eigenvalue weighted by molar-refractivity contribution is -0.130. The number of hydrogen-bond acceptors (Lipinski definition) is 4. The molecule has 0 saturated heterocycles. The van der Waals surface area contributed by atoms with Gasteiger partial charge in [-0.15, -0.1) is 0 Å². The number of benzene rings is 2. The summed E-state index contributed by atoms with van der Waals surface area (Å²) in [6, 6.07) is 14.1. The monoisotopic (exact) mass is 377 g/mol. The number of ether oxygens (including phenoxy) is 1. The zero-order valence-corrected chi connectivity index (χ0v) is 16.6. The molecule has 0 N–H and O–H groups in total. The standard InChI is InChI=1S/C24H27NO3/c1-16(2)24(26)28-23-14-21(12-13-22(23)15-25-27)20-10-8-19(9-11-20)18-6-4-17(3)5-7-18/h8-14,17-18H,1,4-7,15H2,2-3H3. The minimum absolute atomic E-state index is 0.0435. The van der Waals surface area contributed by atoms with Crippen LogP contribution in [0.4, 0.5) is 0 Å². The number of carbonyl (C=O) groups is 1. The number of carbonyl (C=O) groups excluding carboxylic acids is 1. The Morgan fingerprint density at radius 2 is 1.71 bits per heavy atom. The van der Waals surface area contributed by atoms with Crippen molar-refractivity contribution in [2.24, 2.45) is 11.1 Å². The predicted molar refractivity (Wildman–Crippen MR) is 112 cm³/mol. The Morgan fingerprint density at radius 3 is 2.32 bits per heavy atom. The highest BCUT2D eigenvalue weighted by atomic mass is 16.5. The summed E-state index contributed by atoms with van der Waals surface area (Å²) in [6.07, 6.45) is 5.12. The molecular weight excluding hydrogens is 350 g/mol. The van der Waals surface area contributed by atoms with Crippen molar-refractivity contribution < 1.29 is 9.53 Å². The lowest BCUT2D eigenvalue weighted by Gasteiger charge is -2.26. The quantitative estimate of drug-likeness (QED) is 0.253. The minimum Gasteiger partial charge on any atom is -0.423 e. The Balaban J connectivity index is 1.83. The third-order valence-corrected chi connectivity index (χ3v) is 5.58. The average molecular weight is 377 g/mol. The van der Waals surface area contributed by atoms with Gasteiger partial charge in [0.25, 0.3) is 0 Å². The maximum atomic E-state index is 11.9. The molecule has 4 nitrogen and oxygen atoms in total. The van der Waals surface area contributed by atoms with Gasteiger partial charge in [0.05, 0.1) is 0 Å². The molecule has 0 unspecified atom stereocenters. The van der Waals surface area contributed by atoms with Crippen molar-refractivity contribution in [3.05, 3.63) is 70.7 Å². The molecule has 3 rings (SSSR count). The van der Waals surface area contributed by atoms with Gasteiger partial charge < -0.3 is 4.74 Å². The third-order valence-electron chi connectivity index (χ3n) is 5.58. The number of hydrogen-bond donors (Lipinski definition) is 0. The average Bonchev–Trinajstić information content (AvgIpc) is 2.70. The first-order valence-corrected chi connectivity index (χ1v) is 9.88. The summed E-state index contributed by atoms with van der Waals surface area (Å²) < 4.78 is 5.41. The van der Waals surface area contributed by atoms with Gasteiger partial charge in [0, 0.05) is 11.1 Å². The van der Waals surface area contributed by atoms with Crippen molar-refractivity contribution in [3.63, 3.8) is 0 Å².